The standard InChI is InChI=1S/C31H56N4O16/c32-34-33-4-6-40-8-10-42-12-14-44-16-18-46-20-22-48-24-26-50-28-27-49-25-23-47-21-19-45-17-15-43-13-11-41-9-7-39-5-3-31(38)51-35-29(36)1-2-30(35)37/h1-2,36-37H,3-28H2. The molecule has 1 heterocycles. The van der Waals surface area contributed by atoms with Crippen LogP contribution in [0.3, 0.4) is 0 Å². The molecule has 296 valence electrons. The number of azide groups is 1. The van der Waals surface area contributed by atoms with E-state index in [1.165, 1.54) is 12.1 Å². The average Bonchev–Trinajstić information content (AvgIpc) is 3.44. The number of hydrogen-bond acceptors (Lipinski definition) is 17. The van der Waals surface area contributed by atoms with E-state index in [0.717, 1.165) is 0 Å². The van der Waals surface area contributed by atoms with Crippen molar-refractivity contribution in [2.24, 2.45) is 5.11 Å². The summed E-state index contributed by atoms with van der Waals surface area (Å²) in [6, 6.07) is 2.40. The molecule has 0 atom stereocenters. The average molecular weight is 741 g/mol. The van der Waals surface area contributed by atoms with Crippen LogP contribution >= 0.6 is 0 Å². The summed E-state index contributed by atoms with van der Waals surface area (Å²) in [6.45, 7) is 10.7. The number of nitrogens with zero attached hydrogens (tertiary/aromatic N) is 4. The van der Waals surface area contributed by atoms with E-state index in [1.54, 1.807) is 0 Å². The van der Waals surface area contributed by atoms with E-state index in [-0.39, 0.29) is 24.8 Å². The Morgan fingerprint density at radius 3 is 1.02 bits per heavy atom. The number of aromatic hydroxyl groups is 2. The molecule has 0 aliphatic heterocycles. The first-order valence-corrected chi connectivity index (χ1v) is 16.9. The Balaban J connectivity index is 1.64. The molecule has 0 aromatic carbocycles. The van der Waals surface area contributed by atoms with Crippen molar-refractivity contribution in [2.75, 3.05) is 165 Å². The van der Waals surface area contributed by atoms with E-state index in [2.05, 4.69) is 10.0 Å². The molecule has 20 nitrogen and oxygen atoms in total. The predicted molar refractivity (Wildman–Crippen MR) is 178 cm³/mol. The van der Waals surface area contributed by atoms with Crippen molar-refractivity contribution in [1.82, 2.24) is 4.73 Å². The highest BCUT2D eigenvalue weighted by molar-refractivity contribution is 5.70. The molecule has 0 aliphatic carbocycles. The molecule has 0 saturated heterocycles. The van der Waals surface area contributed by atoms with Gasteiger partial charge in [-0.05, 0) is 5.53 Å². The molecule has 0 amide bonds. The lowest BCUT2D eigenvalue weighted by Crippen LogP contribution is -2.20. The van der Waals surface area contributed by atoms with Gasteiger partial charge in [-0.2, -0.15) is 0 Å². The summed E-state index contributed by atoms with van der Waals surface area (Å²) in [7, 11) is 0. The van der Waals surface area contributed by atoms with Crippen LogP contribution in [0.15, 0.2) is 17.2 Å². The van der Waals surface area contributed by atoms with Gasteiger partial charge in [-0.3, -0.25) is 0 Å². The summed E-state index contributed by atoms with van der Waals surface area (Å²) >= 11 is 0. The van der Waals surface area contributed by atoms with Gasteiger partial charge in [0.1, 0.15) is 0 Å². The molecular weight excluding hydrogens is 684 g/mol. The topological polar surface area (TPSA) is 231 Å². The van der Waals surface area contributed by atoms with Gasteiger partial charge < -0.3 is 71.9 Å². The number of hydrogen-bond donors (Lipinski definition) is 2. The fourth-order valence-corrected chi connectivity index (χ4v) is 3.47. The summed E-state index contributed by atoms with van der Waals surface area (Å²) in [6.07, 6.45) is -0.0497. The Hall–Kier alpha value is -2.82. The summed E-state index contributed by atoms with van der Waals surface area (Å²) in [5, 5.41) is 22.2. The van der Waals surface area contributed by atoms with Gasteiger partial charge in [0, 0.05) is 23.6 Å². The Labute approximate surface area is 298 Å². The van der Waals surface area contributed by atoms with Crippen LogP contribution in [0.5, 0.6) is 11.8 Å². The molecule has 0 unspecified atom stereocenters. The number of aromatic nitrogens is 1. The smallest absolute Gasteiger partial charge is 0.335 e. The minimum Gasteiger partial charge on any atom is -0.492 e. The largest absolute Gasteiger partial charge is 0.492 e. The fourth-order valence-electron chi connectivity index (χ4n) is 3.47. The van der Waals surface area contributed by atoms with E-state index in [9.17, 15) is 15.0 Å². The molecule has 1 aromatic heterocycles. The molecule has 51 heavy (non-hydrogen) atoms. The van der Waals surface area contributed by atoms with Crippen molar-refractivity contribution >= 4 is 5.97 Å². The van der Waals surface area contributed by atoms with Crippen molar-refractivity contribution in [3.8, 4) is 11.8 Å². The van der Waals surface area contributed by atoms with Gasteiger partial charge in [-0.1, -0.05) is 5.11 Å². The van der Waals surface area contributed by atoms with Crippen molar-refractivity contribution in [3.63, 3.8) is 0 Å². The molecule has 1 rings (SSSR count). The molecule has 0 radical (unpaired) electrons. The third-order valence-electron chi connectivity index (χ3n) is 5.93. The van der Waals surface area contributed by atoms with Crippen LogP contribution in [-0.4, -0.2) is 186 Å². The number of rotatable bonds is 40. The maximum Gasteiger partial charge on any atom is 0.335 e. The highest BCUT2D eigenvalue weighted by Crippen LogP contribution is 2.18. The Bertz CT molecular complexity index is 951. The quantitative estimate of drug-likeness (QED) is 0.0409. The zero-order valence-electron chi connectivity index (χ0n) is 29.4. The van der Waals surface area contributed by atoms with Crippen LogP contribution < -0.4 is 4.84 Å². The highest BCUT2D eigenvalue weighted by Gasteiger charge is 2.12. The van der Waals surface area contributed by atoms with Crippen LogP contribution in [0.1, 0.15) is 6.42 Å². The van der Waals surface area contributed by atoms with Gasteiger partial charge in [-0.15, -0.1) is 4.73 Å². The second-order valence-electron chi connectivity index (χ2n) is 9.86. The Morgan fingerprint density at radius 2 is 0.745 bits per heavy atom. The van der Waals surface area contributed by atoms with Crippen LogP contribution in [-0.2, 0) is 61.6 Å². The number of carbonyl (C=O) groups is 1. The minimum absolute atomic E-state index is 0.0497. The zero-order chi connectivity index (χ0) is 36.7. The molecule has 20 heteroatoms. The molecule has 0 spiro atoms. The van der Waals surface area contributed by atoms with Crippen molar-refractivity contribution < 1.29 is 76.7 Å². The van der Waals surface area contributed by atoms with Gasteiger partial charge in [0.25, 0.3) is 0 Å². The van der Waals surface area contributed by atoms with Crippen LogP contribution in [0.4, 0.5) is 0 Å². The summed E-state index contributed by atoms with van der Waals surface area (Å²) < 4.78 is 65.4. The lowest BCUT2D eigenvalue weighted by atomic mass is 10.5. The lowest BCUT2D eigenvalue weighted by Gasteiger charge is -2.09. The van der Waals surface area contributed by atoms with Gasteiger partial charge in [0.2, 0.25) is 11.8 Å². The van der Waals surface area contributed by atoms with Crippen LogP contribution in [0.2, 0.25) is 0 Å². The van der Waals surface area contributed by atoms with Gasteiger partial charge in [-0.25, -0.2) is 4.79 Å². The van der Waals surface area contributed by atoms with Crippen molar-refractivity contribution in [1.29, 1.82) is 0 Å². The predicted octanol–water partition coefficient (Wildman–Crippen LogP) is 0.754. The molecule has 0 saturated carbocycles. The second-order valence-corrected chi connectivity index (χ2v) is 9.86. The maximum atomic E-state index is 11.7. The SMILES string of the molecule is [N-]=[N+]=NCCOCCOCCOCCOCCOCCOCCOCCOCCOCCOCCOCCOCCC(=O)On1c(O)ccc1O. The Kier molecular flexibility index (Phi) is 33.5. The molecule has 0 aliphatic rings. The van der Waals surface area contributed by atoms with Crippen LogP contribution in [0, 0.1) is 0 Å². The van der Waals surface area contributed by atoms with Gasteiger partial charge >= 0.3 is 5.97 Å². The lowest BCUT2D eigenvalue weighted by molar-refractivity contribution is -0.146. The van der Waals surface area contributed by atoms with E-state index >= 15 is 0 Å². The second kappa shape index (κ2) is 37.0. The minimum atomic E-state index is -0.662. The van der Waals surface area contributed by atoms with E-state index in [0.29, 0.717) is 163 Å². The first-order valence-electron chi connectivity index (χ1n) is 16.9. The summed E-state index contributed by atoms with van der Waals surface area (Å²) in [5.74, 6) is -1.42. The summed E-state index contributed by atoms with van der Waals surface area (Å²) in [4.78, 5) is 19.1. The number of ether oxygens (including phenoxy) is 12. The van der Waals surface area contributed by atoms with E-state index in [1.807, 2.05) is 0 Å². The summed E-state index contributed by atoms with van der Waals surface area (Å²) in [5.41, 5.74) is 8.14. The third-order valence-corrected chi connectivity index (χ3v) is 5.93. The van der Waals surface area contributed by atoms with Crippen molar-refractivity contribution in [3.05, 3.63) is 22.6 Å². The normalized spacial score (nSPS) is 11.2. The first kappa shape index (κ1) is 46.2. The maximum absolute atomic E-state index is 11.7. The van der Waals surface area contributed by atoms with Gasteiger partial charge in [0.05, 0.1) is 165 Å². The molecule has 2 N–H and O–H groups in total. The van der Waals surface area contributed by atoms with E-state index < -0.39 is 5.97 Å². The molecule has 1 aromatic rings. The van der Waals surface area contributed by atoms with E-state index in [4.69, 9.17) is 67.2 Å². The Morgan fingerprint density at radius 1 is 0.490 bits per heavy atom. The third kappa shape index (κ3) is 31.6. The highest BCUT2D eigenvalue weighted by atomic mass is 16.7. The van der Waals surface area contributed by atoms with Gasteiger partial charge in [0.15, 0.2) is 0 Å². The monoisotopic (exact) mass is 740 g/mol. The van der Waals surface area contributed by atoms with Crippen LogP contribution in [0.25, 0.3) is 10.4 Å². The number of carbonyl (C=O) groups excluding carboxylic acids is 1. The zero-order valence-corrected chi connectivity index (χ0v) is 29.4. The fraction of sp³-hybridized carbons (Fsp3) is 0.839. The molecule has 0 fully saturated rings. The van der Waals surface area contributed by atoms with Crippen molar-refractivity contribution in [2.45, 2.75) is 6.42 Å². The first-order chi connectivity index (χ1) is 25.1. The molecule has 0 bridgehead atoms. The molecular formula is C31H56N4O16.